The normalized spacial score (nSPS) is 16.0. The van der Waals surface area contributed by atoms with Crippen LogP contribution in [0.1, 0.15) is 5.56 Å². The highest BCUT2D eigenvalue weighted by Gasteiger charge is 2.63. The number of aliphatic hydroxyl groups is 1. The van der Waals surface area contributed by atoms with Crippen molar-refractivity contribution in [3.05, 3.63) is 22.1 Å². The molecule has 1 heterocycles. The molecule has 4 N–H and O–H groups in total. The molecule has 1 aromatic rings. The summed E-state index contributed by atoms with van der Waals surface area (Å²) in [5.41, 5.74) is -6.87. The second-order valence-corrected chi connectivity index (χ2v) is 2.67. The first-order valence-corrected chi connectivity index (χ1v) is 3.50. The predicted octanol–water partition coefficient (Wildman–Crippen LogP) is -0.463. The Morgan fingerprint density at radius 2 is 1.93 bits per heavy atom. The van der Waals surface area contributed by atoms with E-state index in [-0.39, 0.29) is 0 Å². The zero-order valence-electron chi connectivity index (χ0n) is 6.92. The van der Waals surface area contributed by atoms with Gasteiger partial charge in [-0.15, -0.1) is 0 Å². The summed E-state index contributed by atoms with van der Waals surface area (Å²) in [6.45, 7) is 0. The number of carboxylic acids is 1. The molecule has 1 unspecified atom stereocenters. The third-order valence-electron chi connectivity index (χ3n) is 1.76. The highest BCUT2D eigenvalue weighted by atomic mass is 19.4. The van der Waals surface area contributed by atoms with Crippen LogP contribution in [0.25, 0.3) is 0 Å². The second kappa shape index (κ2) is 3.12. The van der Waals surface area contributed by atoms with E-state index in [2.05, 4.69) is 0 Å². The number of carboxylic acid groups (broad SMARTS) is 1. The summed E-state index contributed by atoms with van der Waals surface area (Å²) in [4.78, 5) is 21.2. The molecule has 0 spiro atoms. The number of carbonyl (C=O) groups is 1. The van der Waals surface area contributed by atoms with Crippen molar-refractivity contribution in [2.24, 2.45) is 0 Å². The van der Waals surface area contributed by atoms with Crippen LogP contribution >= 0.6 is 0 Å². The fraction of sp³-hybridized carbons (Fsp3) is 0.333. The Morgan fingerprint density at radius 1 is 1.40 bits per heavy atom. The number of alkyl halides is 3. The molecule has 84 valence electrons. The van der Waals surface area contributed by atoms with Gasteiger partial charge in [0.2, 0.25) is 0 Å². The van der Waals surface area contributed by atoms with Crippen LogP contribution in [0.3, 0.4) is 0 Å². The highest BCUT2D eigenvalue weighted by Crippen LogP contribution is 2.37. The van der Waals surface area contributed by atoms with Crippen LogP contribution in [0.15, 0.2) is 11.0 Å². The first-order valence-electron chi connectivity index (χ1n) is 3.50. The lowest BCUT2D eigenvalue weighted by molar-refractivity contribution is -0.265. The number of aliphatic carboxylic acids is 1. The molecule has 1 aromatic heterocycles. The van der Waals surface area contributed by atoms with Crippen molar-refractivity contribution < 1.29 is 28.2 Å². The predicted molar refractivity (Wildman–Crippen MR) is 39.0 cm³/mol. The maximum Gasteiger partial charge on any atom is 0.432 e. The van der Waals surface area contributed by atoms with Gasteiger partial charge in [-0.05, 0) is 0 Å². The van der Waals surface area contributed by atoms with Gasteiger partial charge in [0.25, 0.3) is 11.2 Å². The summed E-state index contributed by atoms with van der Waals surface area (Å²) in [7, 11) is 0. The van der Waals surface area contributed by atoms with Crippen LogP contribution < -0.4 is 5.56 Å². The molecule has 0 saturated heterocycles. The molecule has 1 rings (SSSR count). The molecule has 1 atom stereocenters. The molecule has 0 aliphatic heterocycles. The summed E-state index contributed by atoms with van der Waals surface area (Å²) >= 11 is 0. The molecule has 0 aliphatic rings. The number of hydrogen-bond acceptors (Lipinski definition) is 3. The molecule has 0 aromatic carbocycles. The van der Waals surface area contributed by atoms with Gasteiger partial charge in [0, 0.05) is 6.20 Å². The number of aromatic amines is 2. The Labute approximate surface area is 79.3 Å². The van der Waals surface area contributed by atoms with Crippen LogP contribution in [0.4, 0.5) is 13.2 Å². The fourth-order valence-corrected chi connectivity index (χ4v) is 0.965. The number of H-pyrrole nitrogens is 2. The molecule has 0 bridgehead atoms. The summed E-state index contributed by atoms with van der Waals surface area (Å²) < 4.78 is 36.9. The Kier molecular flexibility index (Phi) is 2.35. The van der Waals surface area contributed by atoms with Gasteiger partial charge in [-0.3, -0.25) is 9.89 Å². The highest BCUT2D eigenvalue weighted by molar-refractivity contribution is 5.80. The van der Waals surface area contributed by atoms with Gasteiger partial charge in [-0.1, -0.05) is 0 Å². The monoisotopic (exact) mass is 226 g/mol. The van der Waals surface area contributed by atoms with E-state index in [1.807, 2.05) is 5.10 Å². The van der Waals surface area contributed by atoms with E-state index in [1.54, 1.807) is 5.10 Å². The van der Waals surface area contributed by atoms with E-state index in [1.165, 1.54) is 0 Å². The Balaban J connectivity index is 3.45. The van der Waals surface area contributed by atoms with Gasteiger partial charge in [0.05, 0.1) is 5.56 Å². The quantitative estimate of drug-likeness (QED) is 0.547. The fourth-order valence-electron chi connectivity index (χ4n) is 0.965. The SMILES string of the molecule is O=C(O)C(O)(c1c[nH][nH]c1=O)C(F)(F)F. The van der Waals surface area contributed by atoms with Gasteiger partial charge < -0.3 is 15.3 Å². The molecule has 0 fully saturated rings. The van der Waals surface area contributed by atoms with Crippen LogP contribution in [0.5, 0.6) is 0 Å². The lowest BCUT2D eigenvalue weighted by atomic mass is 9.96. The van der Waals surface area contributed by atoms with E-state index in [0.717, 1.165) is 0 Å². The summed E-state index contributed by atoms with van der Waals surface area (Å²) in [5.74, 6) is -2.57. The van der Waals surface area contributed by atoms with E-state index in [9.17, 15) is 22.8 Å². The first kappa shape index (κ1) is 11.3. The Bertz CT molecular complexity index is 434. The minimum Gasteiger partial charge on any atom is -0.479 e. The molecule has 0 radical (unpaired) electrons. The van der Waals surface area contributed by atoms with Crippen molar-refractivity contribution in [2.45, 2.75) is 11.8 Å². The number of halogens is 3. The second-order valence-electron chi connectivity index (χ2n) is 2.67. The average Bonchev–Trinajstić information content (AvgIpc) is 2.47. The molecule has 15 heavy (non-hydrogen) atoms. The van der Waals surface area contributed by atoms with E-state index >= 15 is 0 Å². The van der Waals surface area contributed by atoms with Crippen LogP contribution in [0.2, 0.25) is 0 Å². The van der Waals surface area contributed by atoms with Crippen molar-refractivity contribution >= 4 is 5.97 Å². The minimum absolute atomic E-state index is 0.448. The largest absolute Gasteiger partial charge is 0.479 e. The van der Waals surface area contributed by atoms with Crippen molar-refractivity contribution in [3.8, 4) is 0 Å². The van der Waals surface area contributed by atoms with Gasteiger partial charge in [-0.25, -0.2) is 4.79 Å². The molecule has 6 nitrogen and oxygen atoms in total. The lowest BCUT2D eigenvalue weighted by Gasteiger charge is -2.23. The van der Waals surface area contributed by atoms with Gasteiger partial charge >= 0.3 is 12.1 Å². The maximum absolute atomic E-state index is 12.3. The summed E-state index contributed by atoms with van der Waals surface area (Å²) in [5, 5.41) is 20.9. The first-order chi connectivity index (χ1) is 6.71. The maximum atomic E-state index is 12.3. The van der Waals surface area contributed by atoms with Crippen LogP contribution in [-0.4, -0.2) is 32.6 Å². The van der Waals surface area contributed by atoms with Gasteiger partial charge in [0.15, 0.2) is 0 Å². The smallest absolute Gasteiger partial charge is 0.432 e. The Hall–Kier alpha value is -1.77. The third-order valence-corrected chi connectivity index (χ3v) is 1.76. The van der Waals surface area contributed by atoms with Crippen molar-refractivity contribution in [1.82, 2.24) is 10.2 Å². The van der Waals surface area contributed by atoms with E-state index < -0.39 is 28.9 Å². The summed E-state index contributed by atoms with van der Waals surface area (Å²) in [6.07, 6.45) is -5.04. The molecule has 0 saturated carbocycles. The van der Waals surface area contributed by atoms with Crippen LogP contribution in [-0.2, 0) is 10.4 Å². The standard InChI is InChI=1S/C6H5F3N2O4/c7-6(8,9)5(15,4(13)14)2-1-10-11-3(2)12/h1,15H,(H,13,14)(H2,10,11,12). The molecular formula is C6H5F3N2O4. The minimum atomic E-state index is -5.49. The van der Waals surface area contributed by atoms with Crippen molar-refractivity contribution in [1.29, 1.82) is 0 Å². The molecular weight excluding hydrogens is 221 g/mol. The zero-order chi connectivity index (χ0) is 11.9. The van der Waals surface area contributed by atoms with E-state index in [0.29, 0.717) is 6.20 Å². The number of rotatable bonds is 2. The van der Waals surface area contributed by atoms with Crippen molar-refractivity contribution in [3.63, 3.8) is 0 Å². The van der Waals surface area contributed by atoms with Gasteiger partial charge in [0.1, 0.15) is 0 Å². The molecule has 0 aliphatic carbocycles. The van der Waals surface area contributed by atoms with Gasteiger partial charge in [-0.2, -0.15) is 13.2 Å². The molecule has 9 heteroatoms. The van der Waals surface area contributed by atoms with E-state index in [4.69, 9.17) is 10.2 Å². The average molecular weight is 226 g/mol. The third kappa shape index (κ3) is 1.50. The lowest BCUT2D eigenvalue weighted by Crippen LogP contribution is -2.51. The summed E-state index contributed by atoms with van der Waals surface area (Å²) in [6, 6.07) is 0. The molecule has 0 amide bonds. The number of aromatic nitrogens is 2. The van der Waals surface area contributed by atoms with Crippen molar-refractivity contribution in [2.75, 3.05) is 0 Å². The number of hydrogen-bond donors (Lipinski definition) is 4. The topological polar surface area (TPSA) is 106 Å². The number of nitrogens with one attached hydrogen (secondary N) is 2. The Morgan fingerprint density at radius 3 is 2.20 bits per heavy atom. The zero-order valence-corrected chi connectivity index (χ0v) is 6.92. The van der Waals surface area contributed by atoms with Crippen LogP contribution in [0, 0.1) is 0 Å².